The number of hydrogen-bond donors (Lipinski definition) is 2. The molecule has 0 aliphatic rings. The van der Waals surface area contributed by atoms with Gasteiger partial charge in [-0.1, -0.05) is 72.3 Å². The fourth-order valence-electron chi connectivity index (χ4n) is 4.00. The topological polar surface area (TPSA) is 75.6 Å². The number of anilines is 1. The Balaban J connectivity index is 1.62. The third kappa shape index (κ3) is 7.39. The van der Waals surface area contributed by atoms with Crippen molar-refractivity contribution in [1.29, 1.82) is 0 Å². The van der Waals surface area contributed by atoms with Crippen molar-refractivity contribution in [3.8, 4) is 5.75 Å². The van der Waals surface area contributed by atoms with Gasteiger partial charge in [0, 0.05) is 17.9 Å². The third-order valence-corrected chi connectivity index (χ3v) is 6.31. The molecule has 0 radical (unpaired) electrons. The smallest absolute Gasteiger partial charge is 0.389 e. The van der Waals surface area contributed by atoms with Crippen LogP contribution in [-0.2, 0) is 11.4 Å². The number of nitrogens with one attached hydrogen (secondary N) is 1. The number of carbonyl (C=O) groups is 2. The Morgan fingerprint density at radius 1 is 0.949 bits per heavy atom. The summed E-state index contributed by atoms with van der Waals surface area (Å²) < 4.78 is 45.1. The number of rotatable bonds is 9. The maximum absolute atomic E-state index is 13.1. The quantitative estimate of drug-likeness (QED) is 0.205. The maximum atomic E-state index is 13.1. The van der Waals surface area contributed by atoms with E-state index in [-0.39, 0.29) is 16.8 Å². The number of carboxylic acid groups (broad SMARTS) is 1. The molecule has 0 fully saturated rings. The van der Waals surface area contributed by atoms with Gasteiger partial charge in [-0.05, 0) is 52.8 Å². The van der Waals surface area contributed by atoms with Gasteiger partial charge in [0.25, 0.3) is 0 Å². The number of aromatic carboxylic acids is 1. The van der Waals surface area contributed by atoms with Crippen LogP contribution in [0, 0.1) is 0 Å². The maximum Gasteiger partial charge on any atom is 0.389 e. The highest BCUT2D eigenvalue weighted by Gasteiger charge is 2.27. The van der Waals surface area contributed by atoms with Crippen molar-refractivity contribution in [3.05, 3.63) is 113 Å². The minimum atomic E-state index is -4.43. The molecule has 9 heteroatoms. The Morgan fingerprint density at radius 2 is 1.67 bits per heavy atom. The molecule has 1 amide bonds. The number of para-hydroxylation sites is 1. The number of amides is 1. The molecule has 0 unspecified atom stereocenters. The zero-order valence-corrected chi connectivity index (χ0v) is 21.2. The number of benzene rings is 4. The highest BCUT2D eigenvalue weighted by Crippen LogP contribution is 2.36. The molecular formula is C30H23ClF3NO4. The zero-order chi connectivity index (χ0) is 28.0. The second-order valence-electron chi connectivity index (χ2n) is 8.71. The van der Waals surface area contributed by atoms with Crippen LogP contribution in [0.1, 0.15) is 34.3 Å². The van der Waals surface area contributed by atoms with E-state index >= 15 is 0 Å². The minimum absolute atomic E-state index is 0.0368. The lowest BCUT2D eigenvalue weighted by molar-refractivity contribution is -0.133. The summed E-state index contributed by atoms with van der Waals surface area (Å²) >= 11 is 6.58. The summed E-state index contributed by atoms with van der Waals surface area (Å²) in [5.74, 6) is -1.53. The number of hydrogen-bond acceptors (Lipinski definition) is 3. The van der Waals surface area contributed by atoms with Crippen LogP contribution in [0.4, 0.5) is 18.9 Å². The second kappa shape index (κ2) is 12.0. The van der Waals surface area contributed by atoms with E-state index in [1.807, 2.05) is 30.3 Å². The van der Waals surface area contributed by atoms with E-state index < -0.39 is 30.9 Å². The van der Waals surface area contributed by atoms with Crippen LogP contribution >= 0.6 is 11.6 Å². The highest BCUT2D eigenvalue weighted by atomic mass is 35.5. The van der Waals surface area contributed by atoms with E-state index in [0.717, 1.165) is 11.6 Å². The Hall–Kier alpha value is -4.30. The summed E-state index contributed by atoms with van der Waals surface area (Å²) in [6, 6.07) is 23.7. The van der Waals surface area contributed by atoms with Crippen molar-refractivity contribution in [1.82, 2.24) is 0 Å². The summed E-state index contributed by atoms with van der Waals surface area (Å²) in [5, 5.41) is 13.4. The second-order valence-corrected chi connectivity index (χ2v) is 9.09. The third-order valence-electron chi connectivity index (χ3n) is 5.93. The first-order chi connectivity index (χ1) is 18.6. The molecule has 4 aromatic carbocycles. The van der Waals surface area contributed by atoms with Crippen LogP contribution in [0.5, 0.6) is 5.75 Å². The Morgan fingerprint density at radius 3 is 2.38 bits per heavy atom. The first-order valence-corrected chi connectivity index (χ1v) is 12.3. The Labute approximate surface area is 227 Å². The van der Waals surface area contributed by atoms with Crippen molar-refractivity contribution >= 4 is 45.5 Å². The molecule has 200 valence electrons. The molecule has 5 nitrogen and oxygen atoms in total. The molecule has 0 bridgehead atoms. The fourth-order valence-corrected chi connectivity index (χ4v) is 4.29. The molecule has 0 atom stereocenters. The molecule has 0 heterocycles. The van der Waals surface area contributed by atoms with Gasteiger partial charge in [0.2, 0.25) is 5.91 Å². The van der Waals surface area contributed by atoms with Crippen LogP contribution < -0.4 is 10.1 Å². The highest BCUT2D eigenvalue weighted by molar-refractivity contribution is 6.37. The van der Waals surface area contributed by atoms with Gasteiger partial charge >= 0.3 is 12.1 Å². The number of carboxylic acids is 1. The summed E-state index contributed by atoms with van der Waals surface area (Å²) in [7, 11) is 0. The molecule has 39 heavy (non-hydrogen) atoms. The number of fused-ring (bicyclic) bond motifs is 1. The number of ether oxygens (including phenoxy) is 1. The summed E-state index contributed by atoms with van der Waals surface area (Å²) in [6.07, 6.45) is -4.96. The zero-order valence-electron chi connectivity index (χ0n) is 20.5. The molecule has 4 rings (SSSR count). The molecule has 0 spiro atoms. The Bertz CT molecular complexity index is 1530. The lowest BCUT2D eigenvalue weighted by Crippen LogP contribution is -2.13. The van der Waals surface area contributed by atoms with Gasteiger partial charge in [-0.25, -0.2) is 4.79 Å². The molecular weight excluding hydrogens is 531 g/mol. The predicted octanol–water partition coefficient (Wildman–Crippen LogP) is 8.14. The van der Waals surface area contributed by atoms with Gasteiger partial charge in [0.05, 0.1) is 16.3 Å². The molecule has 0 aromatic heterocycles. The molecule has 0 aliphatic heterocycles. The first kappa shape index (κ1) is 27.7. The molecule has 0 aliphatic carbocycles. The average molecular weight is 554 g/mol. The standard InChI is InChI=1S/C30H23ClF3NO4/c31-28-23-12-10-20(16-22(23)11-13-26(28)39-18-19-6-2-1-3-7-19)21(14-15-30(32,33)34)17-27(36)35-25-9-5-4-8-24(25)29(37)38/h1-13,16-17H,14-15,18H2,(H,35,36)(H,37,38)/b21-17+. The van der Waals surface area contributed by atoms with Crippen LogP contribution in [0.3, 0.4) is 0 Å². The molecule has 0 saturated heterocycles. The van der Waals surface area contributed by atoms with Crippen molar-refractivity contribution in [3.63, 3.8) is 0 Å². The summed E-state index contributed by atoms with van der Waals surface area (Å²) in [6.45, 7) is 0.314. The molecule has 4 aromatic rings. The number of halogens is 4. The summed E-state index contributed by atoms with van der Waals surface area (Å²) in [5.41, 5.74) is 1.41. The van der Waals surface area contributed by atoms with E-state index in [1.54, 1.807) is 36.4 Å². The first-order valence-electron chi connectivity index (χ1n) is 11.9. The number of allylic oxidation sites excluding steroid dienone is 1. The van der Waals surface area contributed by atoms with Gasteiger partial charge < -0.3 is 15.2 Å². The van der Waals surface area contributed by atoms with Crippen molar-refractivity contribution in [2.24, 2.45) is 0 Å². The van der Waals surface area contributed by atoms with Crippen molar-refractivity contribution < 1.29 is 32.6 Å². The molecule has 0 saturated carbocycles. The van der Waals surface area contributed by atoms with Crippen molar-refractivity contribution in [2.75, 3.05) is 5.32 Å². The normalized spacial score (nSPS) is 11.8. The lowest BCUT2D eigenvalue weighted by Gasteiger charge is -2.14. The van der Waals surface area contributed by atoms with Gasteiger partial charge in [-0.2, -0.15) is 13.2 Å². The van der Waals surface area contributed by atoms with E-state index in [9.17, 15) is 27.9 Å². The fraction of sp³-hybridized carbons (Fsp3) is 0.133. The van der Waals surface area contributed by atoms with Crippen LogP contribution in [-0.4, -0.2) is 23.2 Å². The minimum Gasteiger partial charge on any atom is -0.487 e. The van der Waals surface area contributed by atoms with E-state index in [1.165, 1.54) is 18.2 Å². The summed E-state index contributed by atoms with van der Waals surface area (Å²) in [4.78, 5) is 24.2. The van der Waals surface area contributed by atoms with Gasteiger partial charge in [-0.3, -0.25) is 4.79 Å². The average Bonchev–Trinajstić information content (AvgIpc) is 2.90. The van der Waals surface area contributed by atoms with Gasteiger partial charge in [0.1, 0.15) is 12.4 Å². The number of alkyl halides is 3. The van der Waals surface area contributed by atoms with Crippen molar-refractivity contribution in [2.45, 2.75) is 25.6 Å². The van der Waals surface area contributed by atoms with Crippen LogP contribution in [0.15, 0.2) is 91.0 Å². The Kier molecular flexibility index (Phi) is 8.56. The number of carbonyl (C=O) groups excluding carboxylic acids is 1. The van der Waals surface area contributed by atoms with Gasteiger partial charge in [-0.15, -0.1) is 0 Å². The largest absolute Gasteiger partial charge is 0.487 e. The lowest BCUT2D eigenvalue weighted by atomic mass is 9.97. The SMILES string of the molecule is O=C(/C=C(\CCC(F)(F)F)c1ccc2c(Cl)c(OCc3ccccc3)ccc2c1)Nc1ccccc1C(=O)O. The van der Waals surface area contributed by atoms with Gasteiger partial charge in [0.15, 0.2) is 0 Å². The van der Waals surface area contributed by atoms with E-state index in [0.29, 0.717) is 33.7 Å². The molecule has 2 N–H and O–H groups in total. The van der Waals surface area contributed by atoms with E-state index in [2.05, 4.69) is 5.32 Å². The monoisotopic (exact) mass is 553 g/mol. The van der Waals surface area contributed by atoms with Crippen LogP contribution in [0.25, 0.3) is 16.3 Å². The van der Waals surface area contributed by atoms with Crippen LogP contribution in [0.2, 0.25) is 5.02 Å². The van der Waals surface area contributed by atoms with E-state index in [4.69, 9.17) is 16.3 Å². The predicted molar refractivity (Wildman–Crippen MR) is 145 cm³/mol.